The molecule has 0 N–H and O–H groups in total. The van der Waals surface area contributed by atoms with E-state index in [1.807, 2.05) is 0 Å². The van der Waals surface area contributed by atoms with Gasteiger partial charge in [-0.05, 0) is 126 Å². The Balaban J connectivity index is 1.25. The Morgan fingerprint density at radius 2 is 1.45 bits per heavy atom. The molecule has 10 atom stereocenters. The fraction of sp³-hybridized carbons (Fsp3) is 0.941. The molecule has 226 valence electrons. The van der Waals surface area contributed by atoms with Crippen LogP contribution in [0.4, 0.5) is 0 Å². The number of nitrogens with zero attached hydrogens (tertiary/aromatic N) is 2. The molecule has 0 amide bonds. The van der Waals surface area contributed by atoms with E-state index in [1.54, 1.807) is 13.8 Å². The molecule has 6 aliphatic rings. The summed E-state index contributed by atoms with van der Waals surface area (Å²) in [5.74, 6) is 2.97. The summed E-state index contributed by atoms with van der Waals surface area (Å²) < 4.78 is 12.4. The molecule has 2 saturated heterocycles. The first-order valence-corrected chi connectivity index (χ1v) is 17.0. The minimum Gasteiger partial charge on any atom is -0.462 e. The van der Waals surface area contributed by atoms with Crippen molar-refractivity contribution in [2.45, 2.75) is 129 Å². The van der Waals surface area contributed by atoms with Crippen molar-refractivity contribution in [3.63, 3.8) is 0 Å². The van der Waals surface area contributed by atoms with Gasteiger partial charge >= 0.3 is 11.9 Å². The summed E-state index contributed by atoms with van der Waals surface area (Å²) in [6.45, 7) is 14.1. The fourth-order valence-electron chi connectivity index (χ4n) is 11.4. The molecule has 0 radical (unpaired) electrons. The highest BCUT2D eigenvalue weighted by molar-refractivity contribution is 5.66. The zero-order valence-corrected chi connectivity index (χ0v) is 25.9. The van der Waals surface area contributed by atoms with Gasteiger partial charge in [-0.15, -0.1) is 0 Å². The Bertz CT molecular complexity index is 929. The maximum Gasteiger partial charge on any atom is 0.302 e. The third-order valence-corrected chi connectivity index (χ3v) is 13.1. The number of ether oxygens (including phenoxy) is 2. The quantitative estimate of drug-likeness (QED) is 0.383. The Morgan fingerprint density at radius 3 is 2.12 bits per heavy atom. The van der Waals surface area contributed by atoms with Crippen LogP contribution in [-0.4, -0.2) is 72.7 Å². The van der Waals surface area contributed by atoms with Crippen molar-refractivity contribution in [2.24, 2.45) is 40.4 Å². The minimum absolute atomic E-state index is 0.0489. The van der Waals surface area contributed by atoms with E-state index in [0.29, 0.717) is 29.2 Å². The van der Waals surface area contributed by atoms with E-state index < -0.39 is 0 Å². The standard InChI is InChI=1S/C34H56N2O4/c1-23(37)39-31-20-26-11-12-27-28(34(26,4)21-30(31)36-17-9-6-10-18-36)13-14-33(3)29(27)19-25(32(33)40-24(2)38)22-35-15-7-5-8-16-35/h25-32H,5-22H2,1-4H3/t25?,26?,27-,28-,29+,30?,31?,32?,33+,34+/m1/s1. The van der Waals surface area contributed by atoms with Gasteiger partial charge in [0.25, 0.3) is 0 Å². The van der Waals surface area contributed by atoms with Crippen molar-refractivity contribution in [3.05, 3.63) is 0 Å². The van der Waals surface area contributed by atoms with Crippen LogP contribution in [0.2, 0.25) is 0 Å². The van der Waals surface area contributed by atoms with Gasteiger partial charge in [0.15, 0.2) is 0 Å². The van der Waals surface area contributed by atoms with Gasteiger partial charge < -0.3 is 14.4 Å². The molecule has 2 aliphatic heterocycles. The van der Waals surface area contributed by atoms with Gasteiger partial charge in [0.1, 0.15) is 12.2 Å². The summed E-state index contributed by atoms with van der Waals surface area (Å²) in [6, 6.07) is 0.363. The predicted octanol–water partition coefficient (Wildman–Crippen LogP) is 6.07. The van der Waals surface area contributed by atoms with Gasteiger partial charge in [-0.2, -0.15) is 0 Å². The van der Waals surface area contributed by atoms with E-state index >= 15 is 0 Å². The van der Waals surface area contributed by atoms with Crippen LogP contribution in [0.1, 0.15) is 111 Å². The summed E-state index contributed by atoms with van der Waals surface area (Å²) in [5, 5.41) is 0. The summed E-state index contributed by atoms with van der Waals surface area (Å²) in [5.41, 5.74) is 0.391. The Kier molecular flexibility index (Phi) is 8.33. The Morgan fingerprint density at radius 1 is 0.775 bits per heavy atom. The maximum atomic E-state index is 12.4. The minimum atomic E-state index is -0.111. The van der Waals surface area contributed by atoms with Gasteiger partial charge in [-0.3, -0.25) is 14.5 Å². The molecule has 6 heteroatoms. The van der Waals surface area contributed by atoms with Crippen molar-refractivity contribution >= 4 is 11.9 Å². The lowest BCUT2D eigenvalue weighted by atomic mass is 9.44. The molecule has 6 nitrogen and oxygen atoms in total. The van der Waals surface area contributed by atoms with Crippen LogP contribution in [0.15, 0.2) is 0 Å². The maximum absolute atomic E-state index is 12.4. The van der Waals surface area contributed by atoms with Crippen molar-refractivity contribution in [2.75, 3.05) is 32.7 Å². The largest absolute Gasteiger partial charge is 0.462 e. The zero-order chi connectivity index (χ0) is 28.1. The van der Waals surface area contributed by atoms with Crippen molar-refractivity contribution in [3.8, 4) is 0 Å². The van der Waals surface area contributed by atoms with Gasteiger partial charge in [0.2, 0.25) is 0 Å². The van der Waals surface area contributed by atoms with Crippen LogP contribution in [0, 0.1) is 40.4 Å². The van der Waals surface area contributed by atoms with Gasteiger partial charge in [0.05, 0.1) is 0 Å². The van der Waals surface area contributed by atoms with Crippen molar-refractivity contribution in [1.82, 2.24) is 9.80 Å². The Hall–Kier alpha value is -1.14. The molecule has 0 bridgehead atoms. The van der Waals surface area contributed by atoms with Crippen LogP contribution >= 0.6 is 0 Å². The highest BCUT2D eigenvalue weighted by Crippen LogP contribution is 2.67. The lowest BCUT2D eigenvalue weighted by Gasteiger charge is -2.62. The highest BCUT2D eigenvalue weighted by atomic mass is 16.5. The average molecular weight is 557 g/mol. The zero-order valence-electron chi connectivity index (χ0n) is 25.9. The topological polar surface area (TPSA) is 59.1 Å². The summed E-state index contributed by atoms with van der Waals surface area (Å²) in [6.07, 6.45) is 16.4. The van der Waals surface area contributed by atoms with Crippen LogP contribution in [0.3, 0.4) is 0 Å². The molecule has 0 aromatic heterocycles. The first-order valence-electron chi connectivity index (χ1n) is 17.0. The number of hydrogen-bond acceptors (Lipinski definition) is 6. The second-order valence-corrected chi connectivity index (χ2v) is 15.3. The van der Waals surface area contributed by atoms with Crippen LogP contribution in [0.25, 0.3) is 0 Å². The van der Waals surface area contributed by atoms with Gasteiger partial charge in [0, 0.05) is 37.8 Å². The summed E-state index contributed by atoms with van der Waals surface area (Å²) in [7, 11) is 0. The molecule has 0 aromatic rings. The van der Waals surface area contributed by atoms with Gasteiger partial charge in [-0.25, -0.2) is 0 Å². The number of hydrogen-bond donors (Lipinski definition) is 0. The molecular formula is C34H56N2O4. The summed E-state index contributed by atoms with van der Waals surface area (Å²) in [4.78, 5) is 29.9. The third kappa shape index (κ3) is 5.27. The first-order chi connectivity index (χ1) is 19.2. The van der Waals surface area contributed by atoms with Crippen molar-refractivity contribution in [1.29, 1.82) is 0 Å². The lowest BCUT2D eigenvalue weighted by molar-refractivity contribution is -0.180. The number of piperidine rings is 2. The van der Waals surface area contributed by atoms with Gasteiger partial charge in [-0.1, -0.05) is 26.7 Å². The monoisotopic (exact) mass is 556 g/mol. The molecule has 6 fully saturated rings. The number of likely N-dealkylation sites (tertiary alicyclic amines) is 2. The van der Waals surface area contributed by atoms with E-state index in [1.165, 1.54) is 90.1 Å². The molecule has 2 heterocycles. The molecule has 4 aliphatic carbocycles. The normalized spacial score (nSPS) is 46.1. The second-order valence-electron chi connectivity index (χ2n) is 15.3. The van der Waals surface area contributed by atoms with Crippen LogP contribution in [-0.2, 0) is 19.1 Å². The summed E-state index contributed by atoms with van der Waals surface area (Å²) >= 11 is 0. The van der Waals surface area contributed by atoms with Crippen LogP contribution in [0.5, 0.6) is 0 Å². The smallest absolute Gasteiger partial charge is 0.302 e. The predicted molar refractivity (Wildman–Crippen MR) is 157 cm³/mol. The molecular weight excluding hydrogens is 500 g/mol. The number of carbonyl (C=O) groups is 2. The molecule has 6 rings (SSSR count). The number of rotatable bonds is 5. The third-order valence-electron chi connectivity index (χ3n) is 13.1. The average Bonchev–Trinajstić information content (AvgIpc) is 3.20. The molecule has 4 saturated carbocycles. The van der Waals surface area contributed by atoms with Crippen LogP contribution < -0.4 is 0 Å². The van der Waals surface area contributed by atoms with E-state index in [0.717, 1.165) is 37.9 Å². The molecule has 5 unspecified atom stereocenters. The second kappa shape index (κ2) is 11.5. The molecule has 40 heavy (non-hydrogen) atoms. The number of esters is 2. The Labute approximate surface area is 243 Å². The molecule has 0 aromatic carbocycles. The lowest BCUT2D eigenvalue weighted by Crippen LogP contribution is -2.61. The van der Waals surface area contributed by atoms with E-state index in [-0.39, 0.29) is 29.6 Å². The van der Waals surface area contributed by atoms with E-state index in [2.05, 4.69) is 23.6 Å². The van der Waals surface area contributed by atoms with Crippen molar-refractivity contribution < 1.29 is 19.1 Å². The first kappa shape index (κ1) is 29.0. The SMILES string of the molecule is CC(=O)OC1CC2CC[C@@H]3[C@@H](CC[C@]4(C)C(OC(C)=O)C(CN5CCCCC5)C[C@@H]34)[C@@]2(C)CC1N1CCCCC1. The fourth-order valence-corrected chi connectivity index (χ4v) is 11.4. The van der Waals surface area contributed by atoms with E-state index in [4.69, 9.17) is 9.47 Å². The number of fused-ring (bicyclic) bond motifs is 5. The number of carbonyl (C=O) groups excluding carboxylic acids is 2. The highest BCUT2D eigenvalue weighted by Gasteiger charge is 2.64. The van der Waals surface area contributed by atoms with E-state index in [9.17, 15) is 9.59 Å². The molecule has 0 spiro atoms.